The van der Waals surface area contributed by atoms with Crippen molar-refractivity contribution in [2.24, 2.45) is 0 Å². The summed E-state index contributed by atoms with van der Waals surface area (Å²) in [5, 5.41) is 8.25. The zero-order valence-electron chi connectivity index (χ0n) is 5.13. The molecule has 1 rings (SSSR count). The van der Waals surface area contributed by atoms with Crippen LogP contribution in [0.2, 0.25) is 0 Å². The van der Waals surface area contributed by atoms with Crippen LogP contribution < -0.4 is 0 Å². The minimum Gasteiger partial charge on any atom is -0.394 e. The molecule has 0 aromatic carbocycles. The van der Waals surface area contributed by atoms with Crippen molar-refractivity contribution in [1.29, 1.82) is 0 Å². The van der Waals surface area contributed by atoms with E-state index in [1.54, 1.807) is 0 Å². The highest BCUT2D eigenvalue weighted by molar-refractivity contribution is 4.78. The summed E-state index contributed by atoms with van der Waals surface area (Å²) in [4.78, 5) is 0. The number of hydrogen-bond acceptors (Lipinski definition) is 2. The van der Waals surface area contributed by atoms with E-state index < -0.39 is 0 Å². The highest BCUT2D eigenvalue weighted by Crippen LogP contribution is 2.18. The molecule has 8 heavy (non-hydrogen) atoms. The Kier molecular flexibility index (Phi) is 3.48. The molecule has 0 aromatic rings. The van der Waals surface area contributed by atoms with Crippen molar-refractivity contribution in [3.05, 3.63) is 13.2 Å². The van der Waals surface area contributed by atoms with Gasteiger partial charge in [0.15, 0.2) is 0 Å². The lowest BCUT2D eigenvalue weighted by Crippen LogP contribution is -1.93. The van der Waals surface area contributed by atoms with E-state index in [1.807, 2.05) is 6.92 Å². The van der Waals surface area contributed by atoms with E-state index in [9.17, 15) is 0 Å². The number of epoxide rings is 1. The quantitative estimate of drug-likeness (QED) is 0.401. The first-order chi connectivity index (χ1) is 3.84. The molecule has 1 saturated heterocycles. The van der Waals surface area contributed by atoms with Gasteiger partial charge in [-0.3, -0.25) is 0 Å². The third kappa shape index (κ3) is 2.09. The first-order valence-electron chi connectivity index (χ1n) is 2.61. The molecule has 0 aromatic heterocycles. The zero-order chi connectivity index (χ0) is 6.57. The van der Waals surface area contributed by atoms with E-state index >= 15 is 0 Å². The molecule has 1 heterocycles. The summed E-state index contributed by atoms with van der Waals surface area (Å²) in [6.07, 6.45) is 0.472. The Labute approximate surface area is 49.8 Å². The van der Waals surface area contributed by atoms with Crippen molar-refractivity contribution >= 4 is 0 Å². The smallest absolute Gasteiger partial charge is 0.107 e. The van der Waals surface area contributed by atoms with E-state index in [0.29, 0.717) is 6.10 Å². The molecule has 1 N–H and O–H groups in total. The molecule has 1 fully saturated rings. The molecule has 0 amide bonds. The van der Waals surface area contributed by atoms with Gasteiger partial charge in [-0.05, 0) is 6.92 Å². The Hall–Kier alpha value is -0.340. The second-order valence-corrected chi connectivity index (χ2v) is 1.56. The molecule has 0 spiro atoms. The van der Waals surface area contributed by atoms with Gasteiger partial charge in [0.1, 0.15) is 6.10 Å². The molecule has 0 aliphatic carbocycles. The molecule has 2 atom stereocenters. The van der Waals surface area contributed by atoms with E-state index in [2.05, 4.69) is 13.2 Å². The average Bonchev–Trinajstić information content (AvgIpc) is 2.52. The van der Waals surface area contributed by atoms with Crippen LogP contribution in [-0.4, -0.2) is 23.9 Å². The van der Waals surface area contributed by atoms with E-state index in [0.717, 1.165) is 0 Å². The third-order valence-electron chi connectivity index (χ3n) is 1.02. The minimum absolute atomic E-state index is 0.157. The first-order valence-corrected chi connectivity index (χ1v) is 2.61. The lowest BCUT2D eigenvalue weighted by atomic mass is 10.4. The van der Waals surface area contributed by atoms with Crippen LogP contribution in [0.15, 0.2) is 13.2 Å². The highest BCUT2D eigenvalue weighted by Gasteiger charge is 2.32. The van der Waals surface area contributed by atoms with Crippen LogP contribution in [0, 0.1) is 0 Å². The van der Waals surface area contributed by atoms with Crippen LogP contribution in [-0.2, 0) is 4.74 Å². The van der Waals surface area contributed by atoms with Crippen molar-refractivity contribution in [1.82, 2.24) is 0 Å². The van der Waals surface area contributed by atoms with Crippen LogP contribution in [0.25, 0.3) is 0 Å². The summed E-state index contributed by atoms with van der Waals surface area (Å²) in [5.41, 5.74) is 0. The zero-order valence-corrected chi connectivity index (χ0v) is 5.13. The Morgan fingerprint density at radius 1 is 1.62 bits per heavy atom. The van der Waals surface area contributed by atoms with Crippen LogP contribution in [0.1, 0.15) is 6.92 Å². The van der Waals surface area contributed by atoms with Gasteiger partial charge in [0.05, 0.1) is 12.7 Å². The van der Waals surface area contributed by atoms with Gasteiger partial charge in [0.2, 0.25) is 0 Å². The molecule has 48 valence electrons. The molecule has 1 aliphatic heterocycles. The topological polar surface area (TPSA) is 32.8 Å². The lowest BCUT2D eigenvalue weighted by Gasteiger charge is -1.73. The summed E-state index contributed by atoms with van der Waals surface area (Å²) in [5.74, 6) is 0. The Bertz CT molecular complexity index is 61.5. The van der Waals surface area contributed by atoms with Crippen LogP contribution in [0.5, 0.6) is 0 Å². The predicted octanol–water partition coefficient (Wildman–Crippen LogP) is 0.568. The highest BCUT2D eigenvalue weighted by atomic mass is 16.6. The van der Waals surface area contributed by atoms with Gasteiger partial charge >= 0.3 is 0 Å². The molecular formula is C6H12O2. The van der Waals surface area contributed by atoms with E-state index in [-0.39, 0.29) is 12.7 Å². The second kappa shape index (κ2) is 3.64. The number of aliphatic hydroxyl groups is 1. The monoisotopic (exact) mass is 116 g/mol. The van der Waals surface area contributed by atoms with Crippen LogP contribution in [0.4, 0.5) is 0 Å². The lowest BCUT2D eigenvalue weighted by molar-refractivity contribution is 0.242. The summed E-state index contributed by atoms with van der Waals surface area (Å²) in [7, 11) is 0. The Morgan fingerprint density at radius 2 is 2.00 bits per heavy atom. The number of rotatable bonds is 1. The summed E-state index contributed by atoms with van der Waals surface area (Å²) < 4.78 is 4.82. The number of ether oxygens (including phenoxy) is 1. The van der Waals surface area contributed by atoms with Crippen molar-refractivity contribution in [2.75, 3.05) is 6.61 Å². The van der Waals surface area contributed by atoms with Gasteiger partial charge in [-0.1, -0.05) is 0 Å². The molecule has 2 nitrogen and oxygen atoms in total. The maximum absolute atomic E-state index is 8.25. The van der Waals surface area contributed by atoms with Crippen molar-refractivity contribution in [3.8, 4) is 0 Å². The predicted molar refractivity (Wildman–Crippen MR) is 32.7 cm³/mol. The molecular weight excluding hydrogens is 104 g/mol. The standard InChI is InChI=1S/C4H8O2.C2H4/c1-3-4(2-5)6-3;1-2/h3-5H,2H2,1H3;1-2H2. The fraction of sp³-hybridized carbons (Fsp3) is 0.667. The largest absolute Gasteiger partial charge is 0.394 e. The Morgan fingerprint density at radius 3 is 2.00 bits per heavy atom. The normalized spacial score (nSPS) is 32.8. The van der Waals surface area contributed by atoms with Crippen LogP contribution >= 0.6 is 0 Å². The summed E-state index contributed by atoms with van der Waals surface area (Å²) in [6, 6.07) is 0. The fourth-order valence-electron chi connectivity index (χ4n) is 0.422. The molecule has 0 saturated carbocycles. The van der Waals surface area contributed by atoms with Crippen molar-refractivity contribution in [3.63, 3.8) is 0 Å². The average molecular weight is 116 g/mol. The van der Waals surface area contributed by atoms with Crippen LogP contribution in [0.3, 0.4) is 0 Å². The molecule has 1 aliphatic rings. The van der Waals surface area contributed by atoms with Gasteiger partial charge in [-0.2, -0.15) is 0 Å². The maximum Gasteiger partial charge on any atom is 0.107 e. The van der Waals surface area contributed by atoms with Crippen molar-refractivity contribution in [2.45, 2.75) is 19.1 Å². The number of aliphatic hydroxyl groups excluding tert-OH is 1. The molecule has 0 bridgehead atoms. The van der Waals surface area contributed by atoms with Gasteiger partial charge in [0, 0.05) is 0 Å². The first kappa shape index (κ1) is 7.66. The Balaban J connectivity index is 0.000000222. The minimum atomic E-state index is 0.157. The SMILES string of the molecule is C=C.CC1OC1CO. The summed E-state index contributed by atoms with van der Waals surface area (Å²) >= 11 is 0. The van der Waals surface area contributed by atoms with Gasteiger partial charge in [-0.15, -0.1) is 13.2 Å². The summed E-state index contributed by atoms with van der Waals surface area (Å²) in [6.45, 7) is 8.13. The second-order valence-electron chi connectivity index (χ2n) is 1.56. The van der Waals surface area contributed by atoms with Crippen molar-refractivity contribution < 1.29 is 9.84 Å². The maximum atomic E-state index is 8.25. The van der Waals surface area contributed by atoms with Gasteiger partial charge in [-0.25, -0.2) is 0 Å². The molecule has 2 unspecified atom stereocenters. The molecule has 2 heteroatoms. The van der Waals surface area contributed by atoms with E-state index in [1.165, 1.54) is 0 Å². The van der Waals surface area contributed by atoms with E-state index in [4.69, 9.17) is 9.84 Å². The molecule has 0 radical (unpaired) electrons. The van der Waals surface area contributed by atoms with Gasteiger partial charge in [0.25, 0.3) is 0 Å². The van der Waals surface area contributed by atoms with Gasteiger partial charge < -0.3 is 9.84 Å². The third-order valence-corrected chi connectivity index (χ3v) is 1.02. The number of hydrogen-bond donors (Lipinski definition) is 1. The fourth-order valence-corrected chi connectivity index (χ4v) is 0.422.